The van der Waals surface area contributed by atoms with Gasteiger partial charge in [0.05, 0.1) is 0 Å². The molecule has 0 spiro atoms. The molecule has 1 saturated carbocycles. The van der Waals surface area contributed by atoms with Crippen LogP contribution in [0.15, 0.2) is 12.2 Å². The molecule has 1 fully saturated rings. The molecule has 1 aliphatic carbocycles. The molecule has 13 heavy (non-hydrogen) atoms. The predicted molar refractivity (Wildman–Crippen MR) is 47.9 cm³/mol. The third-order valence-corrected chi connectivity index (χ3v) is 2.50. The Morgan fingerprint density at radius 2 is 1.85 bits per heavy atom. The topological polar surface area (TPSA) is 60.2 Å². The maximum atomic E-state index is 10.4. The van der Waals surface area contributed by atoms with Crippen molar-refractivity contribution in [1.29, 1.82) is 0 Å². The van der Waals surface area contributed by atoms with Crippen LogP contribution in [-0.4, -0.2) is 17.3 Å². The Morgan fingerprint density at radius 1 is 1.23 bits per heavy atom. The number of aldehydes is 1. The molecular weight excluding hydrogens is 170 g/mol. The van der Waals surface area contributed by atoms with E-state index in [0.717, 1.165) is 19.1 Å². The van der Waals surface area contributed by atoms with Crippen molar-refractivity contribution in [2.24, 2.45) is 5.92 Å². The Morgan fingerprint density at radius 3 is 2.31 bits per heavy atom. The van der Waals surface area contributed by atoms with Crippen LogP contribution in [0.4, 0.5) is 0 Å². The first-order chi connectivity index (χ1) is 6.24. The van der Waals surface area contributed by atoms with Gasteiger partial charge in [-0.25, -0.2) is 0 Å². The summed E-state index contributed by atoms with van der Waals surface area (Å²) >= 11 is 0. The fraction of sp³-hybridized carbons (Fsp3) is 0.667. The summed E-state index contributed by atoms with van der Waals surface area (Å²) in [5.41, 5.74) is 0. The van der Waals surface area contributed by atoms with E-state index in [9.17, 15) is 14.9 Å². The molecule has 0 amide bonds. The maximum Gasteiger partial charge on any atom is 0.213 e. The number of rotatable bonds is 3. The summed E-state index contributed by atoms with van der Waals surface area (Å²) in [6, 6.07) is -0.360. The highest BCUT2D eigenvalue weighted by atomic mass is 16.6. The fourth-order valence-electron chi connectivity index (χ4n) is 1.71. The van der Waals surface area contributed by atoms with Gasteiger partial charge in [-0.1, -0.05) is 6.08 Å². The second kappa shape index (κ2) is 4.74. The third-order valence-electron chi connectivity index (χ3n) is 2.50. The predicted octanol–water partition coefficient (Wildman–Crippen LogP) is 1.58. The molecule has 72 valence electrons. The Labute approximate surface area is 76.8 Å². The van der Waals surface area contributed by atoms with Crippen LogP contribution >= 0.6 is 0 Å². The Bertz CT molecular complexity index is 217. The molecule has 0 aromatic rings. The molecule has 0 bridgehead atoms. The Hall–Kier alpha value is -1.19. The minimum Gasteiger partial charge on any atom is -0.299 e. The molecule has 0 radical (unpaired) electrons. The lowest BCUT2D eigenvalue weighted by molar-refractivity contribution is -0.526. The fourth-order valence-corrected chi connectivity index (χ4v) is 1.71. The maximum absolute atomic E-state index is 10.4. The van der Waals surface area contributed by atoms with Crippen LogP contribution in [-0.2, 0) is 4.79 Å². The van der Waals surface area contributed by atoms with Crippen molar-refractivity contribution in [2.75, 3.05) is 0 Å². The van der Waals surface area contributed by atoms with Crippen molar-refractivity contribution in [3.63, 3.8) is 0 Å². The summed E-state index contributed by atoms with van der Waals surface area (Å²) in [6.07, 6.45) is 7.02. The van der Waals surface area contributed by atoms with Gasteiger partial charge in [-0.05, 0) is 24.8 Å². The number of allylic oxidation sites excluding steroid dienone is 2. The van der Waals surface area contributed by atoms with E-state index in [2.05, 4.69) is 0 Å². The second-order valence-corrected chi connectivity index (χ2v) is 3.37. The average molecular weight is 183 g/mol. The first kappa shape index (κ1) is 9.89. The van der Waals surface area contributed by atoms with E-state index >= 15 is 0 Å². The van der Waals surface area contributed by atoms with Gasteiger partial charge in [0.1, 0.15) is 6.29 Å². The van der Waals surface area contributed by atoms with Gasteiger partial charge in [0.15, 0.2) is 0 Å². The second-order valence-electron chi connectivity index (χ2n) is 3.37. The van der Waals surface area contributed by atoms with E-state index in [4.69, 9.17) is 0 Å². The van der Waals surface area contributed by atoms with Crippen molar-refractivity contribution in [3.05, 3.63) is 22.3 Å². The van der Waals surface area contributed by atoms with E-state index in [1.165, 1.54) is 6.08 Å². The van der Waals surface area contributed by atoms with Gasteiger partial charge in [0.2, 0.25) is 6.04 Å². The lowest BCUT2D eigenvalue weighted by Gasteiger charge is -2.20. The largest absolute Gasteiger partial charge is 0.299 e. The van der Waals surface area contributed by atoms with Gasteiger partial charge < -0.3 is 0 Å². The van der Waals surface area contributed by atoms with Gasteiger partial charge in [0, 0.05) is 17.8 Å². The SMILES string of the molecule is O=C/C=C/C1CCC([N+](=O)[O-])CC1. The van der Waals surface area contributed by atoms with Crippen LogP contribution in [0.1, 0.15) is 25.7 Å². The minimum atomic E-state index is -0.360. The highest BCUT2D eigenvalue weighted by Gasteiger charge is 2.26. The molecule has 0 saturated heterocycles. The van der Waals surface area contributed by atoms with E-state index in [1.807, 2.05) is 6.08 Å². The first-order valence-electron chi connectivity index (χ1n) is 4.49. The monoisotopic (exact) mass is 183 g/mol. The lowest BCUT2D eigenvalue weighted by atomic mass is 9.86. The zero-order valence-corrected chi connectivity index (χ0v) is 7.39. The number of hydrogen-bond donors (Lipinski definition) is 0. The first-order valence-corrected chi connectivity index (χ1v) is 4.49. The van der Waals surface area contributed by atoms with Gasteiger partial charge >= 0.3 is 0 Å². The summed E-state index contributed by atoms with van der Waals surface area (Å²) in [4.78, 5) is 20.2. The van der Waals surface area contributed by atoms with Crippen molar-refractivity contribution >= 4 is 6.29 Å². The molecule has 0 aromatic carbocycles. The zero-order chi connectivity index (χ0) is 9.68. The number of carbonyl (C=O) groups is 1. The van der Waals surface area contributed by atoms with Crippen LogP contribution < -0.4 is 0 Å². The zero-order valence-electron chi connectivity index (χ0n) is 7.39. The number of carbonyl (C=O) groups excluding carboxylic acids is 1. The van der Waals surface area contributed by atoms with Crippen molar-refractivity contribution in [2.45, 2.75) is 31.7 Å². The number of nitro groups is 1. The van der Waals surface area contributed by atoms with Crippen LogP contribution in [0.5, 0.6) is 0 Å². The van der Waals surface area contributed by atoms with E-state index in [0.29, 0.717) is 18.8 Å². The van der Waals surface area contributed by atoms with Crippen LogP contribution in [0.2, 0.25) is 0 Å². The van der Waals surface area contributed by atoms with Gasteiger partial charge in [-0.15, -0.1) is 0 Å². The van der Waals surface area contributed by atoms with Gasteiger partial charge in [0.25, 0.3) is 0 Å². The molecule has 0 aliphatic heterocycles. The molecular formula is C9H13NO3. The van der Waals surface area contributed by atoms with Crippen molar-refractivity contribution < 1.29 is 9.72 Å². The number of hydrogen-bond acceptors (Lipinski definition) is 3. The summed E-state index contributed by atoms with van der Waals surface area (Å²) in [5, 5.41) is 10.4. The third kappa shape index (κ3) is 2.97. The van der Waals surface area contributed by atoms with Crippen LogP contribution in [0.3, 0.4) is 0 Å². The quantitative estimate of drug-likeness (QED) is 0.289. The molecule has 0 N–H and O–H groups in total. The highest BCUT2D eigenvalue weighted by molar-refractivity contribution is 5.64. The Balaban J connectivity index is 2.34. The molecule has 4 heteroatoms. The normalized spacial score (nSPS) is 28.9. The molecule has 1 aliphatic rings. The summed E-state index contributed by atoms with van der Waals surface area (Å²) in [6.45, 7) is 0. The molecule has 1 rings (SSSR count). The molecule has 0 unspecified atom stereocenters. The summed E-state index contributed by atoms with van der Waals surface area (Å²) in [5.74, 6) is 0.362. The van der Waals surface area contributed by atoms with E-state index < -0.39 is 0 Å². The van der Waals surface area contributed by atoms with Crippen LogP contribution in [0, 0.1) is 16.0 Å². The minimum absolute atomic E-state index is 0.195. The van der Waals surface area contributed by atoms with E-state index in [1.54, 1.807) is 0 Å². The standard InChI is InChI=1S/C9H13NO3/c11-7-1-2-8-3-5-9(6-4-8)10(12)13/h1-2,7-9H,3-6H2/b2-1+. The summed E-state index contributed by atoms with van der Waals surface area (Å²) in [7, 11) is 0. The number of nitrogens with zero attached hydrogens (tertiary/aromatic N) is 1. The molecule has 4 nitrogen and oxygen atoms in total. The Kier molecular flexibility index (Phi) is 3.61. The van der Waals surface area contributed by atoms with Gasteiger partial charge in [-0.3, -0.25) is 14.9 Å². The molecule has 0 aromatic heterocycles. The van der Waals surface area contributed by atoms with Crippen molar-refractivity contribution in [3.8, 4) is 0 Å². The molecule has 0 atom stereocenters. The summed E-state index contributed by atoms with van der Waals surface area (Å²) < 4.78 is 0. The van der Waals surface area contributed by atoms with Gasteiger partial charge in [-0.2, -0.15) is 0 Å². The highest BCUT2D eigenvalue weighted by Crippen LogP contribution is 2.26. The van der Waals surface area contributed by atoms with E-state index in [-0.39, 0.29) is 11.0 Å². The van der Waals surface area contributed by atoms with Crippen molar-refractivity contribution in [1.82, 2.24) is 0 Å². The average Bonchev–Trinajstić information content (AvgIpc) is 2.15. The smallest absolute Gasteiger partial charge is 0.213 e. The van der Waals surface area contributed by atoms with Crippen LogP contribution in [0.25, 0.3) is 0 Å². The molecule has 0 heterocycles. The lowest BCUT2D eigenvalue weighted by Crippen LogP contribution is -2.25.